The second kappa shape index (κ2) is 6.84. The van der Waals surface area contributed by atoms with Gasteiger partial charge in [0.25, 0.3) is 0 Å². The number of aromatic nitrogens is 1. The number of nitrogens with zero attached hydrogens (tertiary/aromatic N) is 2. The third-order valence-electron chi connectivity index (χ3n) is 3.03. The minimum absolute atomic E-state index is 0. The first-order valence-corrected chi connectivity index (χ1v) is 5.67. The molecule has 1 saturated heterocycles. The lowest BCUT2D eigenvalue weighted by atomic mass is 10.1. The lowest BCUT2D eigenvalue weighted by Crippen LogP contribution is -2.43. The molecular weight excluding hydrogens is 222 g/mol. The minimum atomic E-state index is 0. The van der Waals surface area contributed by atoms with E-state index >= 15 is 0 Å². The van der Waals surface area contributed by atoms with Crippen LogP contribution in [0.2, 0.25) is 0 Å². The van der Waals surface area contributed by atoms with E-state index in [1.165, 1.54) is 19.4 Å². The first kappa shape index (κ1) is 13.4. The number of nitrogens with one attached hydrogen (secondary N) is 1. The summed E-state index contributed by atoms with van der Waals surface area (Å²) in [5.74, 6) is 0. The molecule has 1 aliphatic rings. The molecule has 1 fully saturated rings. The minimum Gasteiger partial charge on any atom is -0.315 e. The molecule has 1 unspecified atom stereocenters. The van der Waals surface area contributed by atoms with E-state index in [-0.39, 0.29) is 12.4 Å². The molecule has 4 heteroatoms. The molecule has 2 rings (SSSR count). The van der Waals surface area contributed by atoms with Crippen LogP contribution in [0, 0.1) is 0 Å². The van der Waals surface area contributed by atoms with E-state index in [4.69, 9.17) is 0 Å². The van der Waals surface area contributed by atoms with Crippen molar-refractivity contribution in [2.75, 3.05) is 20.1 Å². The van der Waals surface area contributed by atoms with Crippen LogP contribution in [0.3, 0.4) is 0 Å². The van der Waals surface area contributed by atoms with E-state index in [1.54, 1.807) is 0 Å². The topological polar surface area (TPSA) is 28.2 Å². The van der Waals surface area contributed by atoms with Crippen molar-refractivity contribution in [1.29, 1.82) is 0 Å². The van der Waals surface area contributed by atoms with Crippen LogP contribution in [0.4, 0.5) is 0 Å². The maximum Gasteiger partial charge on any atom is 0.0543 e. The monoisotopic (exact) mass is 241 g/mol. The molecule has 1 N–H and O–H groups in total. The molecule has 0 radical (unpaired) electrons. The van der Waals surface area contributed by atoms with Crippen molar-refractivity contribution in [3.05, 3.63) is 30.1 Å². The van der Waals surface area contributed by atoms with Crippen LogP contribution >= 0.6 is 12.4 Å². The predicted molar refractivity (Wildman–Crippen MR) is 68.8 cm³/mol. The van der Waals surface area contributed by atoms with Gasteiger partial charge in [-0.25, -0.2) is 0 Å². The zero-order valence-corrected chi connectivity index (χ0v) is 10.5. The predicted octanol–water partition coefficient (Wildman–Crippen LogP) is 1.69. The van der Waals surface area contributed by atoms with Crippen molar-refractivity contribution < 1.29 is 0 Å². The summed E-state index contributed by atoms with van der Waals surface area (Å²) in [6.45, 7) is 3.24. The molecule has 0 aromatic carbocycles. The van der Waals surface area contributed by atoms with Gasteiger partial charge in [-0.2, -0.15) is 0 Å². The average Bonchev–Trinajstić information content (AvgIpc) is 2.31. The normalized spacial score (nSPS) is 20.5. The van der Waals surface area contributed by atoms with Crippen molar-refractivity contribution in [2.45, 2.75) is 25.4 Å². The van der Waals surface area contributed by atoms with Crippen LogP contribution in [-0.4, -0.2) is 36.1 Å². The standard InChI is InChI=1S/C12H19N3.ClH/c1-15(12-6-4-7-13-9-12)10-11-5-2-3-8-14-11;/h2-3,5,8,12-13H,4,6-7,9-10H2,1H3;1H. The number of hydrogen-bond acceptors (Lipinski definition) is 3. The van der Waals surface area contributed by atoms with Crippen molar-refractivity contribution >= 4 is 12.4 Å². The van der Waals surface area contributed by atoms with Gasteiger partial charge in [0.05, 0.1) is 5.69 Å². The Hall–Kier alpha value is -0.640. The molecule has 1 aromatic rings. The van der Waals surface area contributed by atoms with E-state index in [2.05, 4.69) is 34.4 Å². The molecule has 0 amide bonds. The van der Waals surface area contributed by atoms with Gasteiger partial charge in [-0.15, -0.1) is 12.4 Å². The SMILES string of the molecule is CN(Cc1ccccn1)C1CCCNC1.Cl. The van der Waals surface area contributed by atoms with Crippen LogP contribution in [-0.2, 0) is 6.54 Å². The Morgan fingerprint density at radius 3 is 3.00 bits per heavy atom. The fourth-order valence-corrected chi connectivity index (χ4v) is 2.09. The highest BCUT2D eigenvalue weighted by Gasteiger charge is 2.17. The number of pyridine rings is 1. The van der Waals surface area contributed by atoms with Gasteiger partial charge >= 0.3 is 0 Å². The van der Waals surface area contributed by atoms with E-state index in [1.807, 2.05) is 12.3 Å². The Morgan fingerprint density at radius 2 is 2.38 bits per heavy atom. The highest BCUT2D eigenvalue weighted by Crippen LogP contribution is 2.10. The Labute approximate surface area is 104 Å². The molecular formula is C12H20ClN3. The summed E-state index contributed by atoms with van der Waals surface area (Å²) in [6.07, 6.45) is 4.45. The van der Waals surface area contributed by atoms with E-state index in [0.717, 1.165) is 18.8 Å². The molecule has 0 bridgehead atoms. The zero-order valence-electron chi connectivity index (χ0n) is 9.72. The molecule has 90 valence electrons. The highest BCUT2D eigenvalue weighted by atomic mass is 35.5. The molecule has 16 heavy (non-hydrogen) atoms. The first-order valence-electron chi connectivity index (χ1n) is 5.67. The maximum atomic E-state index is 4.35. The lowest BCUT2D eigenvalue weighted by Gasteiger charge is -2.31. The zero-order chi connectivity index (χ0) is 10.5. The molecule has 1 aromatic heterocycles. The fraction of sp³-hybridized carbons (Fsp3) is 0.583. The Balaban J connectivity index is 0.00000128. The van der Waals surface area contributed by atoms with Gasteiger partial charge in [0.2, 0.25) is 0 Å². The van der Waals surface area contributed by atoms with Gasteiger partial charge in [0.15, 0.2) is 0 Å². The van der Waals surface area contributed by atoms with E-state index < -0.39 is 0 Å². The third-order valence-corrected chi connectivity index (χ3v) is 3.03. The van der Waals surface area contributed by atoms with Crippen LogP contribution < -0.4 is 5.32 Å². The number of likely N-dealkylation sites (N-methyl/N-ethyl adjacent to an activating group) is 1. The molecule has 0 saturated carbocycles. The number of piperidine rings is 1. The molecule has 3 nitrogen and oxygen atoms in total. The number of rotatable bonds is 3. The van der Waals surface area contributed by atoms with Gasteiger partial charge in [0.1, 0.15) is 0 Å². The van der Waals surface area contributed by atoms with Crippen LogP contribution in [0.1, 0.15) is 18.5 Å². The van der Waals surface area contributed by atoms with Crippen molar-refractivity contribution in [1.82, 2.24) is 15.2 Å². The smallest absolute Gasteiger partial charge is 0.0543 e. The summed E-state index contributed by atoms with van der Waals surface area (Å²) in [5, 5.41) is 3.44. The molecule has 0 spiro atoms. The van der Waals surface area contributed by atoms with Crippen molar-refractivity contribution in [3.8, 4) is 0 Å². The van der Waals surface area contributed by atoms with E-state index in [9.17, 15) is 0 Å². The summed E-state index contributed by atoms with van der Waals surface area (Å²) in [7, 11) is 2.19. The van der Waals surface area contributed by atoms with Crippen LogP contribution in [0.25, 0.3) is 0 Å². The second-order valence-corrected chi connectivity index (χ2v) is 4.24. The Bertz CT molecular complexity index is 286. The van der Waals surface area contributed by atoms with Gasteiger partial charge in [-0.1, -0.05) is 6.07 Å². The molecule has 1 aliphatic heterocycles. The quantitative estimate of drug-likeness (QED) is 0.873. The molecule has 1 atom stereocenters. The van der Waals surface area contributed by atoms with E-state index in [0.29, 0.717) is 6.04 Å². The van der Waals surface area contributed by atoms with Gasteiger partial charge in [-0.05, 0) is 38.6 Å². The first-order chi connectivity index (χ1) is 7.36. The van der Waals surface area contributed by atoms with Crippen LogP contribution in [0.5, 0.6) is 0 Å². The lowest BCUT2D eigenvalue weighted by molar-refractivity contribution is 0.194. The average molecular weight is 242 g/mol. The third kappa shape index (κ3) is 3.74. The molecule has 2 heterocycles. The number of hydrogen-bond donors (Lipinski definition) is 1. The van der Waals surface area contributed by atoms with Gasteiger partial charge in [-0.3, -0.25) is 9.88 Å². The summed E-state index contributed by atoms with van der Waals surface area (Å²) >= 11 is 0. The second-order valence-electron chi connectivity index (χ2n) is 4.24. The summed E-state index contributed by atoms with van der Waals surface area (Å²) in [4.78, 5) is 6.75. The van der Waals surface area contributed by atoms with Crippen LogP contribution in [0.15, 0.2) is 24.4 Å². The van der Waals surface area contributed by atoms with Gasteiger partial charge in [0, 0.05) is 25.3 Å². The Kier molecular flexibility index (Phi) is 5.74. The molecule has 0 aliphatic carbocycles. The van der Waals surface area contributed by atoms with Gasteiger partial charge < -0.3 is 5.32 Å². The fourth-order valence-electron chi connectivity index (χ4n) is 2.09. The highest BCUT2D eigenvalue weighted by molar-refractivity contribution is 5.85. The summed E-state index contributed by atoms with van der Waals surface area (Å²) in [5.41, 5.74) is 1.16. The van der Waals surface area contributed by atoms with Crippen molar-refractivity contribution in [2.24, 2.45) is 0 Å². The summed E-state index contributed by atoms with van der Waals surface area (Å²) < 4.78 is 0. The Morgan fingerprint density at radius 1 is 1.50 bits per heavy atom. The summed E-state index contributed by atoms with van der Waals surface area (Å²) in [6, 6.07) is 6.77. The largest absolute Gasteiger partial charge is 0.315 e. The van der Waals surface area contributed by atoms with Crippen molar-refractivity contribution in [3.63, 3.8) is 0 Å². The maximum absolute atomic E-state index is 4.35. The number of halogens is 1.